The SMILES string of the molecule is COCCn1c(CN2CCCC[C@H]2CCO)cnc1S(=O)(=O)CC1CC1. The lowest BCUT2D eigenvalue weighted by Gasteiger charge is -2.35. The number of likely N-dealkylation sites (tertiary alicyclic amines) is 1. The molecule has 0 unspecified atom stereocenters. The fourth-order valence-corrected chi connectivity index (χ4v) is 5.67. The third kappa shape index (κ3) is 4.85. The summed E-state index contributed by atoms with van der Waals surface area (Å²) in [6.45, 7) is 2.77. The first-order valence-electron chi connectivity index (χ1n) is 9.66. The van der Waals surface area contributed by atoms with Crippen molar-refractivity contribution in [3.05, 3.63) is 11.9 Å². The molecule has 3 rings (SSSR count). The van der Waals surface area contributed by atoms with Crippen LogP contribution in [0, 0.1) is 5.92 Å². The van der Waals surface area contributed by atoms with Crippen LogP contribution >= 0.6 is 0 Å². The Hall–Kier alpha value is -0.960. The smallest absolute Gasteiger partial charge is 0.227 e. The molecule has 1 aromatic heterocycles. The largest absolute Gasteiger partial charge is 0.396 e. The van der Waals surface area contributed by atoms with Crippen LogP contribution < -0.4 is 0 Å². The maximum Gasteiger partial charge on any atom is 0.227 e. The summed E-state index contributed by atoms with van der Waals surface area (Å²) in [6, 6.07) is 0.353. The summed E-state index contributed by atoms with van der Waals surface area (Å²) < 4.78 is 32.6. The number of methoxy groups -OCH3 is 1. The highest BCUT2D eigenvalue weighted by Crippen LogP contribution is 2.32. The molecule has 0 bridgehead atoms. The molecule has 1 aromatic rings. The summed E-state index contributed by atoms with van der Waals surface area (Å²) in [7, 11) is -1.74. The van der Waals surface area contributed by atoms with Crippen molar-refractivity contribution in [2.24, 2.45) is 5.92 Å². The molecule has 2 heterocycles. The van der Waals surface area contributed by atoms with Crippen molar-refractivity contribution >= 4 is 9.84 Å². The molecule has 0 aromatic carbocycles. The zero-order valence-electron chi connectivity index (χ0n) is 15.6. The van der Waals surface area contributed by atoms with E-state index in [2.05, 4.69) is 9.88 Å². The van der Waals surface area contributed by atoms with Crippen molar-refractivity contribution in [2.45, 2.75) is 62.8 Å². The number of sulfone groups is 1. The lowest BCUT2D eigenvalue weighted by Crippen LogP contribution is -2.40. The van der Waals surface area contributed by atoms with Crippen molar-refractivity contribution in [2.75, 3.05) is 32.6 Å². The summed E-state index contributed by atoms with van der Waals surface area (Å²) >= 11 is 0. The second-order valence-electron chi connectivity index (χ2n) is 7.53. The van der Waals surface area contributed by atoms with Gasteiger partial charge in [-0.2, -0.15) is 0 Å². The first-order chi connectivity index (χ1) is 12.5. The minimum absolute atomic E-state index is 0.186. The van der Waals surface area contributed by atoms with Gasteiger partial charge < -0.3 is 14.4 Å². The molecule has 0 amide bonds. The molecule has 1 aliphatic carbocycles. The number of aromatic nitrogens is 2. The average molecular weight is 386 g/mol. The molecule has 0 radical (unpaired) electrons. The lowest BCUT2D eigenvalue weighted by atomic mass is 9.99. The number of ether oxygens (including phenoxy) is 1. The van der Waals surface area contributed by atoms with Crippen molar-refractivity contribution in [1.82, 2.24) is 14.5 Å². The van der Waals surface area contributed by atoms with E-state index in [1.54, 1.807) is 13.3 Å². The number of aliphatic hydroxyl groups excluding tert-OH is 1. The Morgan fingerprint density at radius 1 is 1.31 bits per heavy atom. The van der Waals surface area contributed by atoms with Gasteiger partial charge >= 0.3 is 0 Å². The number of piperidine rings is 1. The third-order valence-corrected chi connectivity index (χ3v) is 7.22. The van der Waals surface area contributed by atoms with E-state index in [1.165, 1.54) is 6.42 Å². The number of aliphatic hydroxyl groups is 1. The Bertz CT molecular complexity index is 683. The first kappa shape index (κ1) is 19.8. The monoisotopic (exact) mass is 385 g/mol. The van der Waals surface area contributed by atoms with Gasteiger partial charge in [0.1, 0.15) is 0 Å². The van der Waals surface area contributed by atoms with Crippen LogP contribution in [-0.4, -0.2) is 66.6 Å². The van der Waals surface area contributed by atoms with E-state index >= 15 is 0 Å². The second-order valence-corrected chi connectivity index (χ2v) is 9.46. The topological polar surface area (TPSA) is 84.7 Å². The van der Waals surface area contributed by atoms with Crippen molar-refractivity contribution in [1.29, 1.82) is 0 Å². The first-order valence-corrected chi connectivity index (χ1v) is 11.3. The van der Waals surface area contributed by atoms with Gasteiger partial charge in [0.25, 0.3) is 0 Å². The molecule has 7 nitrogen and oxygen atoms in total. The molecule has 1 atom stereocenters. The maximum atomic E-state index is 12.8. The highest BCUT2D eigenvalue weighted by molar-refractivity contribution is 7.91. The van der Waals surface area contributed by atoms with Crippen molar-refractivity contribution in [3.63, 3.8) is 0 Å². The summed E-state index contributed by atoms with van der Waals surface area (Å²) in [5.74, 6) is 0.500. The van der Waals surface area contributed by atoms with Gasteiger partial charge in [-0.3, -0.25) is 4.90 Å². The molecule has 1 aliphatic heterocycles. The van der Waals surface area contributed by atoms with Gasteiger partial charge in [-0.1, -0.05) is 6.42 Å². The van der Waals surface area contributed by atoms with Crippen LogP contribution in [0.2, 0.25) is 0 Å². The van der Waals surface area contributed by atoms with E-state index in [4.69, 9.17) is 4.74 Å². The predicted molar refractivity (Wildman–Crippen MR) is 98.6 cm³/mol. The molecule has 2 aliphatic rings. The van der Waals surface area contributed by atoms with Crippen LogP contribution in [-0.2, 0) is 27.7 Å². The summed E-state index contributed by atoms with van der Waals surface area (Å²) in [5, 5.41) is 9.52. The van der Waals surface area contributed by atoms with E-state index in [0.717, 1.165) is 44.3 Å². The summed E-state index contributed by atoms with van der Waals surface area (Å²) in [4.78, 5) is 6.66. The normalized spacial score (nSPS) is 22.0. The van der Waals surface area contributed by atoms with Gasteiger partial charge in [-0.05, 0) is 44.6 Å². The third-order valence-electron chi connectivity index (χ3n) is 5.43. The number of nitrogens with zero attached hydrogens (tertiary/aromatic N) is 3. The minimum atomic E-state index is -3.36. The standard InChI is InChI=1S/C18H31N3O4S/c1-25-11-9-21-17(13-20-8-3-2-4-16(20)7-10-22)12-19-18(21)26(23,24)14-15-5-6-15/h12,15-16,22H,2-11,13-14H2,1H3/t16-/m0/s1. The van der Waals surface area contributed by atoms with Gasteiger partial charge in [-0.15, -0.1) is 0 Å². The van der Waals surface area contributed by atoms with E-state index in [-0.39, 0.29) is 17.5 Å². The average Bonchev–Trinajstić information content (AvgIpc) is 3.32. The van der Waals surface area contributed by atoms with Crippen molar-refractivity contribution in [3.8, 4) is 0 Å². The number of hydrogen-bond donors (Lipinski definition) is 1. The van der Waals surface area contributed by atoms with E-state index in [1.807, 2.05) is 4.57 Å². The molecule has 0 spiro atoms. The quantitative estimate of drug-likeness (QED) is 0.656. The minimum Gasteiger partial charge on any atom is -0.396 e. The fraction of sp³-hybridized carbons (Fsp3) is 0.833. The van der Waals surface area contributed by atoms with Crippen LogP contribution in [0.4, 0.5) is 0 Å². The van der Waals surface area contributed by atoms with E-state index in [9.17, 15) is 13.5 Å². The highest BCUT2D eigenvalue weighted by atomic mass is 32.2. The zero-order chi connectivity index (χ0) is 18.6. The molecule has 2 fully saturated rings. The molecule has 1 N–H and O–H groups in total. The number of imidazole rings is 1. The number of hydrogen-bond acceptors (Lipinski definition) is 6. The highest BCUT2D eigenvalue weighted by Gasteiger charge is 2.33. The predicted octanol–water partition coefficient (Wildman–Crippen LogP) is 1.45. The van der Waals surface area contributed by atoms with Gasteiger partial charge in [0.2, 0.25) is 15.0 Å². The van der Waals surface area contributed by atoms with Crippen molar-refractivity contribution < 1.29 is 18.3 Å². The Kier molecular flexibility index (Phi) is 6.71. The summed E-state index contributed by atoms with van der Waals surface area (Å²) in [5.41, 5.74) is 0.918. The number of rotatable bonds is 10. The van der Waals surface area contributed by atoms with Crippen LogP contribution in [0.15, 0.2) is 11.4 Å². The van der Waals surface area contributed by atoms with Gasteiger partial charge in [0.05, 0.1) is 24.3 Å². The van der Waals surface area contributed by atoms with Crippen LogP contribution in [0.1, 0.15) is 44.2 Å². The summed E-state index contributed by atoms with van der Waals surface area (Å²) in [6.07, 6.45) is 7.88. The molecular formula is C18H31N3O4S. The second kappa shape index (κ2) is 8.82. The van der Waals surface area contributed by atoms with E-state index < -0.39 is 9.84 Å². The maximum absolute atomic E-state index is 12.8. The van der Waals surface area contributed by atoms with Crippen LogP contribution in [0.25, 0.3) is 0 Å². The Morgan fingerprint density at radius 2 is 2.12 bits per heavy atom. The van der Waals surface area contributed by atoms with Gasteiger partial charge in [-0.25, -0.2) is 13.4 Å². The molecular weight excluding hydrogens is 354 g/mol. The zero-order valence-corrected chi connectivity index (χ0v) is 16.5. The molecule has 8 heteroatoms. The molecule has 1 saturated carbocycles. The van der Waals surface area contributed by atoms with Crippen LogP contribution in [0.5, 0.6) is 0 Å². The fourth-order valence-electron chi connectivity index (χ4n) is 3.81. The molecule has 26 heavy (non-hydrogen) atoms. The Balaban J connectivity index is 1.81. The molecule has 148 valence electrons. The van der Waals surface area contributed by atoms with Gasteiger partial charge in [0.15, 0.2) is 0 Å². The van der Waals surface area contributed by atoms with Gasteiger partial charge in [0, 0.05) is 32.8 Å². The Morgan fingerprint density at radius 3 is 2.81 bits per heavy atom. The molecule has 1 saturated heterocycles. The lowest BCUT2D eigenvalue weighted by molar-refractivity contribution is 0.108. The van der Waals surface area contributed by atoms with E-state index in [0.29, 0.717) is 31.7 Å². The van der Waals surface area contributed by atoms with Crippen LogP contribution in [0.3, 0.4) is 0 Å². The Labute approximate surface area is 156 Å².